The zero-order chi connectivity index (χ0) is 14.1. The topological polar surface area (TPSA) is 68.5 Å². The summed E-state index contributed by atoms with van der Waals surface area (Å²) < 4.78 is 6.42. The first-order valence-corrected chi connectivity index (χ1v) is 7.72. The van der Waals surface area contributed by atoms with E-state index in [-0.39, 0.29) is 0 Å². The minimum atomic E-state index is 0.559. The monoisotopic (exact) mass is 298 g/mol. The fourth-order valence-electron chi connectivity index (χ4n) is 2.24. The Morgan fingerprint density at radius 2 is 2.24 bits per heavy atom. The standard InChI is InChI=1S/C14H14N6S/c1-2-7-15-12(6-1)17-14-18-13(19-21-14)10-8-16-20(9-10)11-4-3-5-11/h1-2,6-9,11H,3-5H2,(H,15,17,18,19). The van der Waals surface area contributed by atoms with E-state index in [1.165, 1.54) is 30.8 Å². The van der Waals surface area contributed by atoms with Crippen LogP contribution in [0.25, 0.3) is 11.4 Å². The van der Waals surface area contributed by atoms with Gasteiger partial charge in [-0.2, -0.15) is 14.5 Å². The Morgan fingerprint density at radius 3 is 3.00 bits per heavy atom. The average molecular weight is 298 g/mol. The third kappa shape index (κ3) is 2.52. The molecule has 7 heteroatoms. The molecule has 0 spiro atoms. The van der Waals surface area contributed by atoms with Gasteiger partial charge < -0.3 is 5.32 Å². The Bertz CT molecular complexity index is 731. The van der Waals surface area contributed by atoms with Gasteiger partial charge in [0.15, 0.2) is 5.82 Å². The Morgan fingerprint density at radius 1 is 1.29 bits per heavy atom. The van der Waals surface area contributed by atoms with Crippen LogP contribution in [0, 0.1) is 0 Å². The summed E-state index contributed by atoms with van der Waals surface area (Å²) in [6.07, 6.45) is 9.36. The predicted molar refractivity (Wildman–Crippen MR) is 81.5 cm³/mol. The van der Waals surface area contributed by atoms with Crippen molar-refractivity contribution in [1.82, 2.24) is 24.1 Å². The molecule has 0 bridgehead atoms. The maximum atomic E-state index is 4.50. The van der Waals surface area contributed by atoms with E-state index >= 15 is 0 Å². The number of pyridine rings is 1. The van der Waals surface area contributed by atoms with E-state index in [1.54, 1.807) is 6.20 Å². The molecule has 0 amide bonds. The van der Waals surface area contributed by atoms with Crippen molar-refractivity contribution in [1.29, 1.82) is 0 Å². The number of nitrogens with zero attached hydrogens (tertiary/aromatic N) is 5. The van der Waals surface area contributed by atoms with Crippen LogP contribution < -0.4 is 5.32 Å². The van der Waals surface area contributed by atoms with Crippen molar-refractivity contribution in [2.24, 2.45) is 0 Å². The summed E-state index contributed by atoms with van der Waals surface area (Å²) in [6.45, 7) is 0. The fraction of sp³-hybridized carbons (Fsp3) is 0.286. The summed E-state index contributed by atoms with van der Waals surface area (Å²) in [5, 5.41) is 8.31. The molecule has 0 aromatic carbocycles. The average Bonchev–Trinajstić information content (AvgIpc) is 3.07. The van der Waals surface area contributed by atoms with E-state index in [4.69, 9.17) is 0 Å². The SMILES string of the molecule is c1ccc(Nc2nc(-c3cnn(C4CCC4)c3)ns2)nc1. The van der Waals surface area contributed by atoms with Crippen molar-refractivity contribution in [2.75, 3.05) is 5.32 Å². The normalized spacial score (nSPS) is 14.9. The highest BCUT2D eigenvalue weighted by Crippen LogP contribution is 2.32. The molecule has 3 heterocycles. The van der Waals surface area contributed by atoms with Crippen LogP contribution in [0.4, 0.5) is 10.9 Å². The summed E-state index contributed by atoms with van der Waals surface area (Å²) in [6, 6.07) is 6.27. The molecule has 0 unspecified atom stereocenters. The molecule has 6 nitrogen and oxygen atoms in total. The van der Waals surface area contributed by atoms with Gasteiger partial charge in [-0.05, 0) is 31.4 Å². The largest absolute Gasteiger partial charge is 0.315 e. The molecule has 4 rings (SSSR count). The van der Waals surface area contributed by atoms with Gasteiger partial charge in [0.2, 0.25) is 5.13 Å². The number of aromatic nitrogens is 5. The van der Waals surface area contributed by atoms with Crippen molar-refractivity contribution >= 4 is 22.5 Å². The second kappa shape index (κ2) is 5.25. The molecule has 106 valence electrons. The lowest BCUT2D eigenvalue weighted by Crippen LogP contribution is -2.16. The molecule has 3 aromatic rings. The van der Waals surface area contributed by atoms with Crippen LogP contribution in [0.15, 0.2) is 36.8 Å². The van der Waals surface area contributed by atoms with Crippen molar-refractivity contribution < 1.29 is 0 Å². The molecular weight excluding hydrogens is 284 g/mol. The molecule has 1 aliphatic rings. The summed E-state index contributed by atoms with van der Waals surface area (Å²) in [7, 11) is 0. The van der Waals surface area contributed by atoms with E-state index in [9.17, 15) is 0 Å². The minimum Gasteiger partial charge on any atom is -0.315 e. The lowest BCUT2D eigenvalue weighted by Gasteiger charge is -2.25. The summed E-state index contributed by atoms with van der Waals surface area (Å²) in [4.78, 5) is 8.71. The van der Waals surface area contributed by atoms with Gasteiger partial charge in [-0.3, -0.25) is 4.68 Å². The predicted octanol–water partition coefficient (Wildman–Crippen LogP) is 3.27. The van der Waals surface area contributed by atoms with Crippen LogP contribution in [0.5, 0.6) is 0 Å². The second-order valence-electron chi connectivity index (χ2n) is 5.06. The first-order chi connectivity index (χ1) is 10.4. The maximum absolute atomic E-state index is 4.50. The lowest BCUT2D eigenvalue weighted by atomic mass is 9.93. The second-order valence-corrected chi connectivity index (χ2v) is 5.81. The van der Waals surface area contributed by atoms with Gasteiger partial charge >= 0.3 is 0 Å². The van der Waals surface area contributed by atoms with Crippen LogP contribution in [0.2, 0.25) is 0 Å². The molecule has 1 aliphatic carbocycles. The summed E-state index contributed by atoms with van der Waals surface area (Å²) in [5.74, 6) is 1.48. The highest BCUT2D eigenvalue weighted by atomic mass is 32.1. The quantitative estimate of drug-likeness (QED) is 0.800. The minimum absolute atomic E-state index is 0.559. The molecule has 21 heavy (non-hydrogen) atoms. The van der Waals surface area contributed by atoms with Gasteiger partial charge in [-0.1, -0.05) is 6.07 Å². The van der Waals surface area contributed by atoms with Gasteiger partial charge in [0.1, 0.15) is 5.82 Å². The number of hydrogen-bond acceptors (Lipinski definition) is 6. The summed E-state index contributed by atoms with van der Waals surface area (Å²) in [5.41, 5.74) is 0.965. The smallest absolute Gasteiger partial charge is 0.208 e. The van der Waals surface area contributed by atoms with E-state index in [0.717, 1.165) is 16.5 Å². The molecule has 3 aromatic heterocycles. The summed E-state index contributed by atoms with van der Waals surface area (Å²) >= 11 is 1.33. The zero-order valence-corrected chi connectivity index (χ0v) is 12.1. The highest BCUT2D eigenvalue weighted by molar-refractivity contribution is 7.09. The molecule has 1 saturated carbocycles. The van der Waals surface area contributed by atoms with E-state index in [2.05, 4.69) is 24.8 Å². The molecular formula is C14H14N6S. The van der Waals surface area contributed by atoms with Gasteiger partial charge in [-0.15, -0.1) is 0 Å². The molecule has 0 atom stereocenters. The molecule has 0 radical (unpaired) electrons. The van der Waals surface area contributed by atoms with Gasteiger partial charge in [0.05, 0.1) is 17.8 Å². The lowest BCUT2D eigenvalue weighted by molar-refractivity contribution is 0.289. The van der Waals surface area contributed by atoms with E-state index in [0.29, 0.717) is 11.9 Å². The van der Waals surface area contributed by atoms with Crippen LogP contribution in [0.1, 0.15) is 25.3 Å². The van der Waals surface area contributed by atoms with E-state index < -0.39 is 0 Å². The number of nitrogens with one attached hydrogen (secondary N) is 1. The third-order valence-corrected chi connectivity index (χ3v) is 4.26. The Kier molecular flexibility index (Phi) is 3.11. The Hall–Kier alpha value is -2.28. The van der Waals surface area contributed by atoms with Crippen LogP contribution in [0.3, 0.4) is 0 Å². The number of hydrogen-bond donors (Lipinski definition) is 1. The molecule has 1 N–H and O–H groups in total. The molecule has 1 fully saturated rings. The molecule has 0 saturated heterocycles. The van der Waals surface area contributed by atoms with Crippen molar-refractivity contribution in [3.63, 3.8) is 0 Å². The van der Waals surface area contributed by atoms with Crippen molar-refractivity contribution in [3.05, 3.63) is 36.8 Å². The maximum Gasteiger partial charge on any atom is 0.208 e. The number of rotatable bonds is 4. The van der Waals surface area contributed by atoms with Crippen molar-refractivity contribution in [2.45, 2.75) is 25.3 Å². The zero-order valence-electron chi connectivity index (χ0n) is 11.3. The van der Waals surface area contributed by atoms with Gasteiger partial charge in [-0.25, -0.2) is 4.98 Å². The van der Waals surface area contributed by atoms with Crippen molar-refractivity contribution in [3.8, 4) is 11.4 Å². The highest BCUT2D eigenvalue weighted by Gasteiger charge is 2.20. The number of anilines is 2. The van der Waals surface area contributed by atoms with Crippen LogP contribution in [-0.2, 0) is 0 Å². The van der Waals surface area contributed by atoms with Crippen LogP contribution >= 0.6 is 11.5 Å². The van der Waals surface area contributed by atoms with Gasteiger partial charge in [0.25, 0.3) is 0 Å². The molecule has 0 aliphatic heterocycles. The van der Waals surface area contributed by atoms with Crippen LogP contribution in [-0.4, -0.2) is 24.1 Å². The Balaban J connectivity index is 1.52. The fourth-order valence-corrected chi connectivity index (χ4v) is 2.84. The third-order valence-electron chi connectivity index (χ3n) is 3.63. The Labute approximate surface area is 126 Å². The first-order valence-electron chi connectivity index (χ1n) is 6.95. The van der Waals surface area contributed by atoms with E-state index in [1.807, 2.05) is 35.3 Å². The van der Waals surface area contributed by atoms with Gasteiger partial charge in [0, 0.05) is 23.9 Å². The first kappa shape index (κ1) is 12.5.